The van der Waals surface area contributed by atoms with Gasteiger partial charge in [0.2, 0.25) is 0 Å². The van der Waals surface area contributed by atoms with Gasteiger partial charge in [-0.3, -0.25) is 10.1 Å². The van der Waals surface area contributed by atoms with Gasteiger partial charge < -0.3 is 10.0 Å². The molecule has 24 heavy (non-hydrogen) atoms. The fourth-order valence-electron chi connectivity index (χ4n) is 3.66. The SMILES string of the molecule is O=C(Nc1cc(C(F)(F)F)ccn1)N1C[C@@H]2CCC[C@@]2(C(=O)O)C1. The number of alkyl halides is 3. The first-order chi connectivity index (χ1) is 11.2. The molecule has 3 rings (SSSR count). The molecule has 1 aliphatic carbocycles. The summed E-state index contributed by atoms with van der Waals surface area (Å²) < 4.78 is 38.1. The molecule has 1 aromatic heterocycles. The van der Waals surface area contributed by atoms with Crippen molar-refractivity contribution < 1.29 is 27.9 Å². The Morgan fingerprint density at radius 2 is 2.17 bits per heavy atom. The Balaban J connectivity index is 1.72. The van der Waals surface area contributed by atoms with E-state index in [9.17, 15) is 27.9 Å². The minimum atomic E-state index is -4.53. The molecule has 2 heterocycles. The zero-order valence-corrected chi connectivity index (χ0v) is 12.6. The maximum atomic E-state index is 12.7. The number of likely N-dealkylation sites (tertiary alicyclic amines) is 1. The van der Waals surface area contributed by atoms with Gasteiger partial charge in [-0.15, -0.1) is 0 Å². The molecule has 0 radical (unpaired) electrons. The molecule has 2 amide bonds. The highest BCUT2D eigenvalue weighted by atomic mass is 19.4. The van der Waals surface area contributed by atoms with Crippen molar-refractivity contribution in [1.82, 2.24) is 9.88 Å². The van der Waals surface area contributed by atoms with E-state index in [-0.39, 0.29) is 24.8 Å². The van der Waals surface area contributed by atoms with Crippen LogP contribution in [-0.4, -0.2) is 40.1 Å². The Morgan fingerprint density at radius 3 is 2.79 bits per heavy atom. The van der Waals surface area contributed by atoms with Gasteiger partial charge in [-0.1, -0.05) is 6.42 Å². The van der Waals surface area contributed by atoms with Gasteiger partial charge in [0.05, 0.1) is 11.0 Å². The molecule has 2 atom stereocenters. The van der Waals surface area contributed by atoms with Crippen LogP contribution in [0.15, 0.2) is 18.3 Å². The number of anilines is 1. The molecule has 2 N–H and O–H groups in total. The molecule has 1 saturated heterocycles. The molecule has 130 valence electrons. The first-order valence-electron chi connectivity index (χ1n) is 7.55. The Morgan fingerprint density at radius 1 is 1.42 bits per heavy atom. The number of rotatable bonds is 2. The summed E-state index contributed by atoms with van der Waals surface area (Å²) >= 11 is 0. The number of aliphatic carboxylic acids is 1. The molecular weight excluding hydrogens is 327 g/mol. The van der Waals surface area contributed by atoms with Crippen LogP contribution in [0.2, 0.25) is 0 Å². The predicted molar refractivity (Wildman–Crippen MR) is 77.2 cm³/mol. The van der Waals surface area contributed by atoms with Crippen LogP contribution in [0.1, 0.15) is 24.8 Å². The lowest BCUT2D eigenvalue weighted by atomic mass is 9.81. The molecule has 1 aliphatic heterocycles. The largest absolute Gasteiger partial charge is 0.481 e. The summed E-state index contributed by atoms with van der Waals surface area (Å²) in [5.74, 6) is -1.25. The summed E-state index contributed by atoms with van der Waals surface area (Å²) in [5.41, 5.74) is -1.84. The smallest absolute Gasteiger partial charge is 0.416 e. The van der Waals surface area contributed by atoms with Gasteiger partial charge in [0.25, 0.3) is 0 Å². The number of carbonyl (C=O) groups excluding carboxylic acids is 1. The minimum absolute atomic E-state index is 0.0673. The van der Waals surface area contributed by atoms with Gasteiger partial charge in [-0.25, -0.2) is 9.78 Å². The number of halogens is 3. The Hall–Kier alpha value is -2.32. The molecule has 2 fully saturated rings. The van der Waals surface area contributed by atoms with Gasteiger partial charge in [0, 0.05) is 19.3 Å². The molecule has 0 spiro atoms. The quantitative estimate of drug-likeness (QED) is 0.865. The standard InChI is InChI=1S/C15H16F3N3O3/c16-15(17,18)9-3-5-19-11(6-9)20-13(24)21-7-10-2-1-4-14(10,8-21)12(22)23/h3,5-6,10H,1-2,4,7-8H2,(H,22,23)(H,19,20,24)/t10-,14+/m0/s1. The molecule has 1 saturated carbocycles. The third-order valence-corrected chi connectivity index (χ3v) is 4.91. The first kappa shape index (κ1) is 16.5. The zero-order chi connectivity index (χ0) is 17.5. The van der Waals surface area contributed by atoms with Gasteiger partial charge in [-0.05, 0) is 30.9 Å². The number of nitrogens with zero attached hydrogens (tertiary/aromatic N) is 2. The fraction of sp³-hybridized carbons (Fsp3) is 0.533. The number of carboxylic acids is 1. The predicted octanol–water partition coefficient (Wildman–Crippen LogP) is 2.82. The molecule has 1 aromatic rings. The van der Waals surface area contributed by atoms with Crippen LogP contribution in [0, 0.1) is 11.3 Å². The number of carboxylic acid groups (broad SMARTS) is 1. The van der Waals surface area contributed by atoms with Crippen molar-refractivity contribution >= 4 is 17.8 Å². The van der Waals surface area contributed by atoms with Gasteiger partial charge in [0.1, 0.15) is 5.82 Å². The van der Waals surface area contributed by atoms with Gasteiger partial charge >= 0.3 is 18.2 Å². The number of fused-ring (bicyclic) bond motifs is 1. The highest BCUT2D eigenvalue weighted by Crippen LogP contribution is 2.48. The van der Waals surface area contributed by atoms with E-state index < -0.39 is 29.2 Å². The topological polar surface area (TPSA) is 82.5 Å². The lowest BCUT2D eigenvalue weighted by molar-refractivity contribution is -0.149. The number of hydrogen-bond donors (Lipinski definition) is 2. The Kier molecular flexibility index (Phi) is 3.89. The van der Waals surface area contributed by atoms with Crippen LogP contribution in [-0.2, 0) is 11.0 Å². The summed E-state index contributed by atoms with van der Waals surface area (Å²) in [6.45, 7) is 0.356. The minimum Gasteiger partial charge on any atom is -0.481 e. The first-order valence-corrected chi connectivity index (χ1v) is 7.55. The number of amides is 2. The van der Waals surface area contributed by atoms with E-state index in [4.69, 9.17) is 0 Å². The van der Waals surface area contributed by atoms with E-state index in [1.54, 1.807) is 0 Å². The second kappa shape index (κ2) is 5.64. The molecule has 9 heteroatoms. The molecule has 6 nitrogen and oxygen atoms in total. The van der Waals surface area contributed by atoms with Crippen molar-refractivity contribution in [3.8, 4) is 0 Å². The van der Waals surface area contributed by atoms with Crippen molar-refractivity contribution in [1.29, 1.82) is 0 Å². The van der Waals surface area contributed by atoms with E-state index in [2.05, 4.69) is 10.3 Å². The highest BCUT2D eigenvalue weighted by molar-refractivity contribution is 5.89. The Bertz CT molecular complexity index is 679. The molecule has 0 bridgehead atoms. The van der Waals surface area contributed by atoms with Crippen molar-refractivity contribution in [2.75, 3.05) is 18.4 Å². The van der Waals surface area contributed by atoms with Crippen LogP contribution in [0.25, 0.3) is 0 Å². The highest BCUT2D eigenvalue weighted by Gasteiger charge is 2.55. The number of nitrogens with one attached hydrogen (secondary N) is 1. The van der Waals surface area contributed by atoms with Crippen LogP contribution in [0.3, 0.4) is 0 Å². The summed E-state index contributed by atoms with van der Waals surface area (Å²) in [7, 11) is 0. The second-order valence-electron chi connectivity index (χ2n) is 6.29. The van der Waals surface area contributed by atoms with E-state index in [0.717, 1.165) is 31.2 Å². The molecule has 0 aromatic carbocycles. The van der Waals surface area contributed by atoms with Gasteiger partial charge in [-0.2, -0.15) is 13.2 Å². The molecule has 2 aliphatic rings. The maximum absolute atomic E-state index is 12.7. The lowest BCUT2D eigenvalue weighted by Crippen LogP contribution is -2.38. The van der Waals surface area contributed by atoms with E-state index in [0.29, 0.717) is 6.42 Å². The third kappa shape index (κ3) is 2.78. The van der Waals surface area contributed by atoms with E-state index in [1.807, 2.05) is 0 Å². The fourth-order valence-corrected chi connectivity index (χ4v) is 3.66. The number of hydrogen-bond acceptors (Lipinski definition) is 3. The molecule has 0 unspecified atom stereocenters. The zero-order valence-electron chi connectivity index (χ0n) is 12.6. The van der Waals surface area contributed by atoms with Crippen LogP contribution in [0.4, 0.5) is 23.8 Å². The van der Waals surface area contributed by atoms with E-state index >= 15 is 0 Å². The van der Waals surface area contributed by atoms with Gasteiger partial charge in [0.15, 0.2) is 0 Å². The molecular formula is C15H16F3N3O3. The average molecular weight is 343 g/mol. The van der Waals surface area contributed by atoms with Crippen LogP contribution in [0.5, 0.6) is 0 Å². The summed E-state index contributed by atoms with van der Waals surface area (Å²) in [4.78, 5) is 28.9. The van der Waals surface area contributed by atoms with Crippen LogP contribution < -0.4 is 5.32 Å². The number of pyridine rings is 1. The van der Waals surface area contributed by atoms with Crippen molar-refractivity contribution in [2.24, 2.45) is 11.3 Å². The number of aromatic nitrogens is 1. The summed E-state index contributed by atoms with van der Waals surface area (Å²) in [5, 5.41) is 11.8. The summed E-state index contributed by atoms with van der Waals surface area (Å²) in [6, 6.07) is 0.939. The number of carbonyl (C=O) groups is 2. The summed E-state index contributed by atoms with van der Waals surface area (Å²) in [6.07, 6.45) is -1.51. The van der Waals surface area contributed by atoms with Crippen LogP contribution >= 0.6 is 0 Å². The average Bonchev–Trinajstić information content (AvgIpc) is 3.04. The monoisotopic (exact) mass is 343 g/mol. The van der Waals surface area contributed by atoms with Crippen molar-refractivity contribution in [3.63, 3.8) is 0 Å². The van der Waals surface area contributed by atoms with Crippen molar-refractivity contribution in [2.45, 2.75) is 25.4 Å². The third-order valence-electron chi connectivity index (χ3n) is 4.91. The maximum Gasteiger partial charge on any atom is 0.416 e. The van der Waals surface area contributed by atoms with E-state index in [1.165, 1.54) is 4.90 Å². The second-order valence-corrected chi connectivity index (χ2v) is 6.29. The normalized spacial score (nSPS) is 26.3. The number of urea groups is 1. The van der Waals surface area contributed by atoms with Crippen molar-refractivity contribution in [3.05, 3.63) is 23.9 Å². The Labute approximate surface area is 135 Å². The lowest BCUT2D eigenvalue weighted by Gasteiger charge is -2.23.